The first-order valence-corrected chi connectivity index (χ1v) is 7.80. The summed E-state index contributed by atoms with van der Waals surface area (Å²) in [7, 11) is -3.87. The number of aliphatic hydroxyl groups is 1. The zero-order valence-electron chi connectivity index (χ0n) is 10.5. The van der Waals surface area contributed by atoms with Gasteiger partial charge < -0.3 is 10.8 Å². The summed E-state index contributed by atoms with van der Waals surface area (Å²) in [6, 6.07) is 2.18. The van der Waals surface area contributed by atoms with Crippen molar-refractivity contribution >= 4 is 38.9 Å². The molecule has 0 heterocycles. The quantitative estimate of drug-likeness (QED) is 0.720. The summed E-state index contributed by atoms with van der Waals surface area (Å²) in [4.78, 5) is -0.199. The molecule has 0 aliphatic rings. The fourth-order valence-corrected chi connectivity index (χ4v) is 3.78. The number of halogens is 2. The molecule has 1 aromatic carbocycles. The van der Waals surface area contributed by atoms with Crippen molar-refractivity contribution in [2.24, 2.45) is 5.92 Å². The molecule has 0 spiro atoms. The number of sulfonamides is 1. The van der Waals surface area contributed by atoms with Crippen molar-refractivity contribution in [1.82, 2.24) is 4.72 Å². The third-order valence-electron chi connectivity index (χ3n) is 2.79. The normalized spacial score (nSPS) is 15.2. The van der Waals surface area contributed by atoms with Crippen LogP contribution in [0, 0.1) is 5.92 Å². The van der Waals surface area contributed by atoms with Crippen LogP contribution in [0.2, 0.25) is 10.0 Å². The van der Waals surface area contributed by atoms with Crippen LogP contribution in [0.1, 0.15) is 13.8 Å². The molecule has 1 rings (SSSR count). The lowest BCUT2D eigenvalue weighted by Crippen LogP contribution is -2.38. The topological polar surface area (TPSA) is 92.4 Å². The SMILES string of the molecule is CC(CO)C(C)NS(=O)(=O)c1c(N)cc(Cl)cc1Cl. The Bertz CT molecular complexity index is 540. The number of hydrogen-bond donors (Lipinski definition) is 3. The van der Waals surface area contributed by atoms with E-state index in [9.17, 15) is 8.42 Å². The Morgan fingerprint density at radius 1 is 1.37 bits per heavy atom. The fourth-order valence-electron chi connectivity index (χ4n) is 1.44. The Hall–Kier alpha value is -0.530. The molecular weight excluding hydrogens is 311 g/mol. The summed E-state index contributed by atoms with van der Waals surface area (Å²) in [5, 5.41) is 9.24. The minimum atomic E-state index is -3.87. The molecule has 0 amide bonds. The summed E-state index contributed by atoms with van der Waals surface area (Å²) >= 11 is 11.6. The largest absolute Gasteiger partial charge is 0.398 e. The Morgan fingerprint density at radius 3 is 2.42 bits per heavy atom. The van der Waals surface area contributed by atoms with Crippen molar-refractivity contribution in [1.29, 1.82) is 0 Å². The Kier molecular flexibility index (Phi) is 5.46. The number of nitrogens with two attached hydrogens (primary N) is 1. The maximum absolute atomic E-state index is 12.2. The molecule has 4 N–H and O–H groups in total. The van der Waals surface area contributed by atoms with Gasteiger partial charge in [0.25, 0.3) is 0 Å². The first-order valence-electron chi connectivity index (χ1n) is 5.56. The van der Waals surface area contributed by atoms with Gasteiger partial charge in [-0.3, -0.25) is 0 Å². The monoisotopic (exact) mass is 326 g/mol. The van der Waals surface area contributed by atoms with Gasteiger partial charge in [-0.25, -0.2) is 13.1 Å². The summed E-state index contributed by atoms with van der Waals surface area (Å²) in [6.07, 6.45) is 0. The summed E-state index contributed by atoms with van der Waals surface area (Å²) in [6.45, 7) is 3.24. The van der Waals surface area contributed by atoms with E-state index in [-0.39, 0.29) is 33.2 Å². The number of nitrogens with one attached hydrogen (secondary N) is 1. The second-order valence-corrected chi connectivity index (χ2v) is 6.87. The highest BCUT2D eigenvalue weighted by atomic mass is 35.5. The third kappa shape index (κ3) is 3.97. The zero-order valence-corrected chi connectivity index (χ0v) is 12.9. The average molecular weight is 327 g/mol. The highest BCUT2D eigenvalue weighted by molar-refractivity contribution is 7.89. The molecule has 0 fully saturated rings. The smallest absolute Gasteiger partial charge is 0.244 e. The standard InChI is InChI=1S/C11H16Cl2N2O3S/c1-6(5-16)7(2)15-19(17,18)11-9(13)3-8(12)4-10(11)14/h3-4,6-7,15-16H,5,14H2,1-2H3. The zero-order chi connectivity index (χ0) is 14.8. The number of hydrogen-bond acceptors (Lipinski definition) is 4. The van der Waals surface area contributed by atoms with Gasteiger partial charge in [0.1, 0.15) is 4.90 Å². The van der Waals surface area contributed by atoms with Gasteiger partial charge in [0.2, 0.25) is 10.0 Å². The molecule has 2 unspecified atom stereocenters. The average Bonchev–Trinajstić information content (AvgIpc) is 2.24. The van der Waals surface area contributed by atoms with Gasteiger partial charge in [-0.2, -0.15) is 0 Å². The minimum Gasteiger partial charge on any atom is -0.398 e. The van der Waals surface area contributed by atoms with Crippen LogP contribution < -0.4 is 10.5 Å². The van der Waals surface area contributed by atoms with Crippen LogP contribution in [0.4, 0.5) is 5.69 Å². The molecule has 2 atom stereocenters. The highest BCUT2D eigenvalue weighted by Gasteiger charge is 2.25. The molecule has 108 valence electrons. The molecule has 0 radical (unpaired) electrons. The van der Waals surface area contributed by atoms with Gasteiger partial charge in [0.15, 0.2) is 0 Å². The number of anilines is 1. The first kappa shape index (κ1) is 16.5. The number of aliphatic hydroxyl groups excluding tert-OH is 1. The van der Waals surface area contributed by atoms with E-state index in [1.807, 2.05) is 0 Å². The Morgan fingerprint density at radius 2 is 1.95 bits per heavy atom. The Balaban J connectivity index is 3.15. The first-order chi connectivity index (χ1) is 8.69. The van der Waals surface area contributed by atoms with Gasteiger partial charge >= 0.3 is 0 Å². The molecule has 0 aromatic heterocycles. The van der Waals surface area contributed by atoms with Crippen molar-refractivity contribution in [2.75, 3.05) is 12.3 Å². The molecule has 8 heteroatoms. The van der Waals surface area contributed by atoms with Crippen molar-refractivity contribution < 1.29 is 13.5 Å². The van der Waals surface area contributed by atoms with E-state index in [0.717, 1.165) is 0 Å². The summed E-state index contributed by atoms with van der Waals surface area (Å²) in [5.74, 6) is -0.234. The van der Waals surface area contributed by atoms with E-state index in [0.29, 0.717) is 0 Å². The molecule has 0 saturated heterocycles. The third-order valence-corrected chi connectivity index (χ3v) is 5.09. The lowest BCUT2D eigenvalue weighted by atomic mass is 10.1. The summed E-state index contributed by atoms with van der Waals surface area (Å²) in [5.41, 5.74) is 5.64. The van der Waals surface area contributed by atoms with Crippen LogP contribution in [0.15, 0.2) is 17.0 Å². The molecule has 0 saturated carbocycles. The fraction of sp³-hybridized carbons (Fsp3) is 0.455. The van der Waals surface area contributed by atoms with Crippen LogP contribution in [0.5, 0.6) is 0 Å². The van der Waals surface area contributed by atoms with Gasteiger partial charge in [0, 0.05) is 17.7 Å². The number of rotatable bonds is 5. The second kappa shape index (κ2) is 6.28. The van der Waals surface area contributed by atoms with Crippen LogP contribution in [-0.2, 0) is 10.0 Å². The van der Waals surface area contributed by atoms with Gasteiger partial charge in [0.05, 0.1) is 10.7 Å². The highest BCUT2D eigenvalue weighted by Crippen LogP contribution is 2.31. The molecule has 5 nitrogen and oxygen atoms in total. The number of benzene rings is 1. The lowest BCUT2D eigenvalue weighted by molar-refractivity contribution is 0.216. The van der Waals surface area contributed by atoms with Crippen LogP contribution in [0.25, 0.3) is 0 Å². The van der Waals surface area contributed by atoms with Crippen molar-refractivity contribution in [3.63, 3.8) is 0 Å². The lowest BCUT2D eigenvalue weighted by Gasteiger charge is -2.20. The molecule has 0 aliphatic heterocycles. The van der Waals surface area contributed by atoms with E-state index >= 15 is 0 Å². The van der Waals surface area contributed by atoms with E-state index in [4.69, 9.17) is 34.0 Å². The molecular formula is C11H16Cl2N2O3S. The molecule has 19 heavy (non-hydrogen) atoms. The predicted octanol–water partition coefficient (Wildman–Crippen LogP) is 1.87. The molecule has 0 aliphatic carbocycles. The van der Waals surface area contributed by atoms with E-state index in [1.54, 1.807) is 13.8 Å². The van der Waals surface area contributed by atoms with E-state index < -0.39 is 16.1 Å². The van der Waals surface area contributed by atoms with Crippen LogP contribution in [0.3, 0.4) is 0 Å². The van der Waals surface area contributed by atoms with Gasteiger partial charge in [-0.15, -0.1) is 0 Å². The van der Waals surface area contributed by atoms with Crippen molar-refractivity contribution in [3.05, 3.63) is 22.2 Å². The predicted molar refractivity (Wildman–Crippen MR) is 76.9 cm³/mol. The summed E-state index contributed by atoms with van der Waals surface area (Å²) < 4.78 is 26.9. The van der Waals surface area contributed by atoms with Crippen molar-refractivity contribution in [3.8, 4) is 0 Å². The Labute approximate surface area is 122 Å². The van der Waals surface area contributed by atoms with Gasteiger partial charge in [-0.05, 0) is 25.0 Å². The molecule has 0 bridgehead atoms. The van der Waals surface area contributed by atoms with Crippen LogP contribution >= 0.6 is 23.2 Å². The maximum Gasteiger partial charge on any atom is 0.244 e. The van der Waals surface area contributed by atoms with Crippen LogP contribution in [-0.4, -0.2) is 26.2 Å². The van der Waals surface area contributed by atoms with Gasteiger partial charge in [-0.1, -0.05) is 30.1 Å². The van der Waals surface area contributed by atoms with E-state index in [1.165, 1.54) is 12.1 Å². The number of nitrogen functional groups attached to an aromatic ring is 1. The van der Waals surface area contributed by atoms with Crippen molar-refractivity contribution in [2.45, 2.75) is 24.8 Å². The maximum atomic E-state index is 12.2. The molecule has 1 aromatic rings. The second-order valence-electron chi connectivity index (χ2n) is 4.38. The van der Waals surface area contributed by atoms with E-state index in [2.05, 4.69) is 4.72 Å². The minimum absolute atomic E-state index is 0.0196.